The molecular formula is C19H18N2O2S. The number of nitrogens with zero attached hydrogens (tertiary/aromatic N) is 1. The second-order valence-electron chi connectivity index (χ2n) is 5.91. The van der Waals surface area contributed by atoms with Gasteiger partial charge in [0.2, 0.25) is 0 Å². The van der Waals surface area contributed by atoms with E-state index in [1.165, 1.54) is 0 Å². The standard InChI is InChI=1S/C19H18N2O2S/c22-19(20-13-7-10-24-11-8-13)15-12-17(18-6-3-9-23-18)21-16-5-2-1-4-14(15)16/h1-6,9,12-13H,7-8,10-11H2,(H,20,22). The molecule has 24 heavy (non-hydrogen) atoms. The van der Waals surface area contributed by atoms with Crippen LogP contribution in [0.25, 0.3) is 22.4 Å². The van der Waals surface area contributed by atoms with Gasteiger partial charge in [-0.25, -0.2) is 4.98 Å². The van der Waals surface area contributed by atoms with E-state index in [9.17, 15) is 4.79 Å². The zero-order chi connectivity index (χ0) is 16.4. The molecule has 3 aromatic rings. The summed E-state index contributed by atoms with van der Waals surface area (Å²) in [7, 11) is 0. The van der Waals surface area contributed by atoms with E-state index >= 15 is 0 Å². The summed E-state index contributed by atoms with van der Waals surface area (Å²) in [4.78, 5) is 17.5. The molecular weight excluding hydrogens is 320 g/mol. The van der Waals surface area contributed by atoms with Crippen molar-refractivity contribution in [2.45, 2.75) is 18.9 Å². The largest absolute Gasteiger partial charge is 0.463 e. The number of aromatic nitrogens is 1. The number of furan rings is 1. The molecule has 3 heterocycles. The van der Waals surface area contributed by atoms with Gasteiger partial charge in [-0.2, -0.15) is 11.8 Å². The lowest BCUT2D eigenvalue weighted by atomic mass is 10.0. The number of fused-ring (bicyclic) bond motifs is 1. The van der Waals surface area contributed by atoms with Crippen LogP contribution in [0.2, 0.25) is 0 Å². The first-order chi connectivity index (χ1) is 11.8. The first-order valence-corrected chi connectivity index (χ1v) is 9.29. The number of carbonyl (C=O) groups is 1. The van der Waals surface area contributed by atoms with E-state index in [-0.39, 0.29) is 11.9 Å². The lowest BCUT2D eigenvalue weighted by Gasteiger charge is -2.23. The maximum absolute atomic E-state index is 12.9. The molecule has 4 nitrogen and oxygen atoms in total. The fourth-order valence-electron chi connectivity index (χ4n) is 3.02. The number of thioether (sulfide) groups is 1. The van der Waals surface area contributed by atoms with Crippen molar-refractivity contribution in [3.05, 3.63) is 54.3 Å². The molecule has 1 aliphatic rings. The number of carbonyl (C=O) groups excluding carboxylic acids is 1. The maximum atomic E-state index is 12.9. The fraction of sp³-hybridized carbons (Fsp3) is 0.263. The van der Waals surface area contributed by atoms with Gasteiger partial charge in [-0.05, 0) is 48.6 Å². The highest BCUT2D eigenvalue weighted by molar-refractivity contribution is 7.99. The number of hydrogen-bond acceptors (Lipinski definition) is 4. The summed E-state index contributed by atoms with van der Waals surface area (Å²) in [6, 6.07) is 13.5. The third kappa shape index (κ3) is 3.04. The van der Waals surface area contributed by atoms with Crippen LogP contribution in [-0.4, -0.2) is 28.4 Å². The summed E-state index contributed by atoms with van der Waals surface area (Å²) < 4.78 is 5.46. The van der Waals surface area contributed by atoms with Gasteiger partial charge < -0.3 is 9.73 Å². The number of rotatable bonds is 3. The Balaban J connectivity index is 1.73. The Morgan fingerprint density at radius 1 is 1.17 bits per heavy atom. The minimum atomic E-state index is -0.0293. The van der Waals surface area contributed by atoms with Gasteiger partial charge >= 0.3 is 0 Å². The van der Waals surface area contributed by atoms with E-state index in [1.54, 1.807) is 6.26 Å². The third-order valence-electron chi connectivity index (χ3n) is 4.29. The maximum Gasteiger partial charge on any atom is 0.252 e. The Bertz CT molecular complexity index is 855. The van der Waals surface area contributed by atoms with E-state index in [2.05, 4.69) is 10.3 Å². The summed E-state index contributed by atoms with van der Waals surface area (Å²) in [5.41, 5.74) is 2.14. The molecule has 4 rings (SSSR count). The zero-order valence-electron chi connectivity index (χ0n) is 13.2. The average Bonchev–Trinajstić information content (AvgIpc) is 3.16. The monoisotopic (exact) mass is 338 g/mol. The van der Waals surface area contributed by atoms with Gasteiger partial charge in [0.25, 0.3) is 5.91 Å². The highest BCUT2D eigenvalue weighted by Crippen LogP contribution is 2.26. The van der Waals surface area contributed by atoms with Crippen LogP contribution in [0.3, 0.4) is 0 Å². The Hall–Kier alpha value is -2.27. The molecule has 2 aromatic heterocycles. The molecule has 1 saturated heterocycles. The van der Waals surface area contributed by atoms with E-state index in [1.807, 2.05) is 54.2 Å². The summed E-state index contributed by atoms with van der Waals surface area (Å²) in [6.07, 6.45) is 3.68. The number of para-hydroxylation sites is 1. The summed E-state index contributed by atoms with van der Waals surface area (Å²) in [6.45, 7) is 0. The number of amides is 1. The van der Waals surface area contributed by atoms with Crippen molar-refractivity contribution in [1.29, 1.82) is 0 Å². The summed E-state index contributed by atoms with van der Waals surface area (Å²) in [5.74, 6) is 2.86. The summed E-state index contributed by atoms with van der Waals surface area (Å²) in [5, 5.41) is 4.06. The van der Waals surface area contributed by atoms with Crippen LogP contribution in [0.4, 0.5) is 0 Å². The van der Waals surface area contributed by atoms with E-state index in [0.29, 0.717) is 17.0 Å². The molecule has 0 aliphatic carbocycles. The second kappa shape index (κ2) is 6.69. The molecule has 1 aliphatic heterocycles. The molecule has 5 heteroatoms. The molecule has 0 saturated carbocycles. The topological polar surface area (TPSA) is 55.1 Å². The van der Waals surface area contributed by atoms with Crippen LogP contribution >= 0.6 is 11.8 Å². The van der Waals surface area contributed by atoms with Crippen molar-refractivity contribution < 1.29 is 9.21 Å². The van der Waals surface area contributed by atoms with Crippen LogP contribution in [0, 0.1) is 0 Å². The van der Waals surface area contributed by atoms with Gasteiger partial charge in [0.15, 0.2) is 5.76 Å². The zero-order valence-corrected chi connectivity index (χ0v) is 14.0. The lowest BCUT2D eigenvalue weighted by Crippen LogP contribution is -2.37. The molecule has 0 unspecified atom stereocenters. The lowest BCUT2D eigenvalue weighted by molar-refractivity contribution is 0.0936. The normalized spacial score (nSPS) is 15.5. The van der Waals surface area contributed by atoms with Crippen molar-refractivity contribution >= 4 is 28.6 Å². The molecule has 122 valence electrons. The van der Waals surface area contributed by atoms with Crippen molar-refractivity contribution in [3.63, 3.8) is 0 Å². The first-order valence-electron chi connectivity index (χ1n) is 8.13. The fourth-order valence-corrected chi connectivity index (χ4v) is 4.13. The van der Waals surface area contributed by atoms with Gasteiger partial charge in [0, 0.05) is 11.4 Å². The van der Waals surface area contributed by atoms with Crippen molar-refractivity contribution in [3.8, 4) is 11.5 Å². The highest BCUT2D eigenvalue weighted by atomic mass is 32.2. The molecule has 0 spiro atoms. The predicted octanol–water partition coefficient (Wildman–Crippen LogP) is 4.12. The minimum Gasteiger partial charge on any atom is -0.463 e. The quantitative estimate of drug-likeness (QED) is 0.780. The molecule has 0 bridgehead atoms. The Kier molecular flexibility index (Phi) is 4.26. The molecule has 0 radical (unpaired) electrons. The van der Waals surface area contributed by atoms with Gasteiger partial charge in [-0.3, -0.25) is 4.79 Å². The van der Waals surface area contributed by atoms with Crippen LogP contribution in [0.5, 0.6) is 0 Å². The number of nitrogens with one attached hydrogen (secondary N) is 1. The molecule has 0 atom stereocenters. The SMILES string of the molecule is O=C(NC1CCSCC1)c1cc(-c2ccco2)nc2ccccc12. The molecule has 1 amide bonds. The molecule has 1 fully saturated rings. The Morgan fingerprint density at radius 3 is 2.79 bits per heavy atom. The Labute approximate surface area is 144 Å². The third-order valence-corrected chi connectivity index (χ3v) is 5.34. The van der Waals surface area contributed by atoms with E-state index in [4.69, 9.17) is 4.42 Å². The minimum absolute atomic E-state index is 0.0293. The predicted molar refractivity (Wildman–Crippen MR) is 97.3 cm³/mol. The van der Waals surface area contributed by atoms with Crippen LogP contribution in [0.15, 0.2) is 53.1 Å². The van der Waals surface area contributed by atoms with Gasteiger partial charge in [-0.1, -0.05) is 18.2 Å². The van der Waals surface area contributed by atoms with Gasteiger partial charge in [0.1, 0.15) is 5.69 Å². The van der Waals surface area contributed by atoms with Crippen molar-refractivity contribution in [2.24, 2.45) is 0 Å². The van der Waals surface area contributed by atoms with Crippen LogP contribution < -0.4 is 5.32 Å². The van der Waals surface area contributed by atoms with Gasteiger partial charge in [0.05, 0.1) is 17.3 Å². The van der Waals surface area contributed by atoms with Crippen LogP contribution in [-0.2, 0) is 0 Å². The van der Waals surface area contributed by atoms with Gasteiger partial charge in [-0.15, -0.1) is 0 Å². The van der Waals surface area contributed by atoms with E-state index < -0.39 is 0 Å². The number of benzene rings is 1. The smallest absolute Gasteiger partial charge is 0.252 e. The average molecular weight is 338 g/mol. The van der Waals surface area contributed by atoms with Crippen molar-refractivity contribution in [1.82, 2.24) is 10.3 Å². The number of pyridine rings is 1. The van der Waals surface area contributed by atoms with E-state index in [0.717, 1.165) is 35.3 Å². The highest BCUT2D eigenvalue weighted by Gasteiger charge is 2.20. The summed E-state index contributed by atoms with van der Waals surface area (Å²) >= 11 is 1.95. The first kappa shape index (κ1) is 15.3. The van der Waals surface area contributed by atoms with Crippen molar-refractivity contribution in [2.75, 3.05) is 11.5 Å². The molecule has 1 aromatic carbocycles. The molecule has 1 N–H and O–H groups in total. The Morgan fingerprint density at radius 2 is 2.00 bits per heavy atom. The van der Waals surface area contributed by atoms with Crippen LogP contribution in [0.1, 0.15) is 23.2 Å². The second-order valence-corrected chi connectivity index (χ2v) is 7.13. The number of hydrogen-bond donors (Lipinski definition) is 1.